The largest absolute Gasteiger partial charge is 0.364 e. The molecule has 1 amide bonds. The Morgan fingerprint density at radius 2 is 1.97 bits per heavy atom. The van der Waals surface area contributed by atoms with Crippen LogP contribution in [0.25, 0.3) is 0 Å². The van der Waals surface area contributed by atoms with Crippen molar-refractivity contribution in [3.8, 4) is 0 Å². The fourth-order valence-electron chi connectivity index (χ4n) is 3.21. The molecule has 1 aliphatic rings. The highest BCUT2D eigenvalue weighted by Gasteiger charge is 2.27. The van der Waals surface area contributed by atoms with Crippen molar-refractivity contribution >= 4 is 23.1 Å². The molecule has 29 heavy (non-hydrogen) atoms. The summed E-state index contributed by atoms with van der Waals surface area (Å²) in [5.41, 5.74) is 8.82. The van der Waals surface area contributed by atoms with Gasteiger partial charge >= 0.3 is 0 Å². The number of nitrogens with one attached hydrogen (secondary N) is 1. The molecule has 3 aromatic rings. The SMILES string of the molecule is Cn1cc(CCC(=O)c2nc(C3CC3)ccc2Nc2cncnc2)c(C(N)=O)n1. The highest BCUT2D eigenvalue weighted by Crippen LogP contribution is 2.39. The summed E-state index contributed by atoms with van der Waals surface area (Å²) in [4.78, 5) is 37.2. The smallest absolute Gasteiger partial charge is 0.269 e. The number of hydrogen-bond acceptors (Lipinski definition) is 7. The predicted octanol–water partition coefficient (Wildman–Crippen LogP) is 2.14. The van der Waals surface area contributed by atoms with Gasteiger partial charge in [-0.3, -0.25) is 14.3 Å². The summed E-state index contributed by atoms with van der Waals surface area (Å²) in [5.74, 6) is -0.296. The summed E-state index contributed by atoms with van der Waals surface area (Å²) in [6, 6.07) is 3.83. The summed E-state index contributed by atoms with van der Waals surface area (Å²) in [7, 11) is 1.71. The topological polar surface area (TPSA) is 129 Å². The Kier molecular flexibility index (Phi) is 5.03. The first-order valence-electron chi connectivity index (χ1n) is 9.39. The van der Waals surface area contributed by atoms with Crippen LogP contribution in [-0.4, -0.2) is 36.4 Å². The van der Waals surface area contributed by atoms with Crippen LogP contribution in [0.3, 0.4) is 0 Å². The molecule has 3 heterocycles. The van der Waals surface area contributed by atoms with E-state index in [0.29, 0.717) is 35.0 Å². The number of ketones is 1. The molecule has 1 saturated carbocycles. The third-order valence-electron chi connectivity index (χ3n) is 4.78. The maximum atomic E-state index is 13.0. The Balaban J connectivity index is 1.57. The number of nitrogens with zero attached hydrogens (tertiary/aromatic N) is 5. The molecular weight excluding hydrogens is 370 g/mol. The lowest BCUT2D eigenvalue weighted by molar-refractivity contribution is 0.0970. The molecule has 0 bridgehead atoms. The fourth-order valence-corrected chi connectivity index (χ4v) is 3.21. The molecule has 0 saturated heterocycles. The number of amides is 1. The zero-order valence-corrected chi connectivity index (χ0v) is 16.0. The van der Waals surface area contributed by atoms with Crippen LogP contribution in [0, 0.1) is 0 Å². The second-order valence-corrected chi connectivity index (χ2v) is 7.12. The molecule has 0 aromatic carbocycles. The minimum absolute atomic E-state index is 0.119. The lowest BCUT2D eigenvalue weighted by Crippen LogP contribution is -2.15. The first-order valence-corrected chi connectivity index (χ1v) is 9.39. The Hall–Kier alpha value is -3.62. The second-order valence-electron chi connectivity index (χ2n) is 7.12. The zero-order chi connectivity index (χ0) is 20.4. The van der Waals surface area contributed by atoms with E-state index in [9.17, 15) is 9.59 Å². The Bertz CT molecular complexity index is 1060. The lowest BCUT2D eigenvalue weighted by atomic mass is 10.0. The van der Waals surface area contributed by atoms with Gasteiger partial charge in [0.1, 0.15) is 12.0 Å². The minimum Gasteiger partial charge on any atom is -0.364 e. The van der Waals surface area contributed by atoms with Crippen LogP contribution in [0.4, 0.5) is 11.4 Å². The quantitative estimate of drug-likeness (QED) is 0.563. The standard InChI is InChI=1S/C20H21N7O2/c1-27-10-13(18(26-27)20(21)29)4-7-17(28)19-16(24-14-8-22-11-23-9-14)6-5-15(25-19)12-2-3-12/h5-6,8-12,24H,2-4,7H2,1H3,(H2,21,29). The summed E-state index contributed by atoms with van der Waals surface area (Å²) in [5, 5.41) is 7.24. The van der Waals surface area contributed by atoms with E-state index >= 15 is 0 Å². The number of Topliss-reactive ketones (excluding diaryl/α,β-unsaturated/α-hetero) is 1. The van der Waals surface area contributed by atoms with Crippen LogP contribution in [0.5, 0.6) is 0 Å². The Labute approximate surface area is 167 Å². The number of pyridine rings is 1. The van der Waals surface area contributed by atoms with E-state index in [1.807, 2.05) is 12.1 Å². The Morgan fingerprint density at radius 3 is 2.66 bits per heavy atom. The van der Waals surface area contributed by atoms with Crippen LogP contribution >= 0.6 is 0 Å². The van der Waals surface area contributed by atoms with Crippen molar-refractivity contribution in [1.82, 2.24) is 24.7 Å². The van der Waals surface area contributed by atoms with Gasteiger partial charge in [-0.1, -0.05) is 0 Å². The number of anilines is 2. The number of primary amides is 1. The van der Waals surface area contributed by atoms with Gasteiger partial charge in [0.15, 0.2) is 11.5 Å². The summed E-state index contributed by atoms with van der Waals surface area (Å²) < 4.78 is 1.52. The number of carbonyl (C=O) groups excluding carboxylic acids is 2. The summed E-state index contributed by atoms with van der Waals surface area (Å²) in [6.07, 6.45) is 9.14. The van der Waals surface area contributed by atoms with Gasteiger partial charge < -0.3 is 11.1 Å². The maximum absolute atomic E-state index is 13.0. The van der Waals surface area contributed by atoms with Gasteiger partial charge in [-0.05, 0) is 31.4 Å². The molecule has 0 unspecified atom stereocenters. The van der Waals surface area contributed by atoms with Gasteiger partial charge in [-0.25, -0.2) is 15.0 Å². The van der Waals surface area contributed by atoms with Crippen molar-refractivity contribution in [2.45, 2.75) is 31.6 Å². The first-order chi connectivity index (χ1) is 14.0. The Morgan fingerprint density at radius 1 is 1.21 bits per heavy atom. The molecule has 3 N–H and O–H groups in total. The molecule has 0 radical (unpaired) electrons. The van der Waals surface area contributed by atoms with Crippen molar-refractivity contribution in [3.05, 3.63) is 59.7 Å². The third-order valence-corrected chi connectivity index (χ3v) is 4.78. The van der Waals surface area contributed by atoms with Crippen molar-refractivity contribution in [2.75, 3.05) is 5.32 Å². The normalized spacial score (nSPS) is 13.3. The number of hydrogen-bond donors (Lipinski definition) is 2. The summed E-state index contributed by atoms with van der Waals surface area (Å²) >= 11 is 0. The summed E-state index contributed by atoms with van der Waals surface area (Å²) in [6.45, 7) is 0. The molecule has 0 atom stereocenters. The van der Waals surface area contributed by atoms with Gasteiger partial charge in [0.05, 0.1) is 23.8 Å². The van der Waals surface area contributed by atoms with E-state index in [1.165, 1.54) is 11.0 Å². The van der Waals surface area contributed by atoms with Crippen LogP contribution in [0.1, 0.15) is 57.4 Å². The lowest BCUT2D eigenvalue weighted by Gasteiger charge is -2.12. The number of nitrogens with two attached hydrogens (primary N) is 1. The van der Waals surface area contributed by atoms with Gasteiger partial charge in [0.2, 0.25) is 0 Å². The molecule has 3 aromatic heterocycles. The van der Waals surface area contributed by atoms with Crippen molar-refractivity contribution in [2.24, 2.45) is 12.8 Å². The maximum Gasteiger partial charge on any atom is 0.269 e. The van der Waals surface area contributed by atoms with Crippen LogP contribution < -0.4 is 11.1 Å². The van der Waals surface area contributed by atoms with E-state index in [-0.39, 0.29) is 17.9 Å². The van der Waals surface area contributed by atoms with Crippen molar-refractivity contribution in [3.63, 3.8) is 0 Å². The molecule has 148 valence electrons. The second kappa shape index (κ2) is 7.78. The average Bonchev–Trinajstić information content (AvgIpc) is 3.49. The number of aromatic nitrogens is 5. The van der Waals surface area contributed by atoms with Gasteiger partial charge in [-0.15, -0.1) is 0 Å². The van der Waals surface area contributed by atoms with E-state index in [4.69, 9.17) is 5.73 Å². The predicted molar refractivity (Wildman–Crippen MR) is 106 cm³/mol. The monoisotopic (exact) mass is 391 g/mol. The fraction of sp³-hybridized carbons (Fsp3) is 0.300. The molecule has 1 aliphatic carbocycles. The highest BCUT2D eigenvalue weighted by atomic mass is 16.1. The molecule has 4 rings (SSSR count). The van der Waals surface area contributed by atoms with E-state index in [2.05, 4.69) is 25.4 Å². The molecule has 1 fully saturated rings. The van der Waals surface area contributed by atoms with Gasteiger partial charge in [0, 0.05) is 36.8 Å². The third kappa shape index (κ3) is 4.29. The zero-order valence-electron chi connectivity index (χ0n) is 16.0. The van der Waals surface area contributed by atoms with Crippen molar-refractivity contribution in [1.29, 1.82) is 0 Å². The molecule has 9 nitrogen and oxygen atoms in total. The molecule has 9 heteroatoms. The van der Waals surface area contributed by atoms with E-state index in [1.54, 1.807) is 25.6 Å². The first kappa shape index (κ1) is 18.7. The molecule has 0 aliphatic heterocycles. The number of carbonyl (C=O) groups is 2. The number of rotatable bonds is 8. The van der Waals surface area contributed by atoms with Crippen LogP contribution in [0.15, 0.2) is 37.1 Å². The van der Waals surface area contributed by atoms with E-state index in [0.717, 1.165) is 18.5 Å². The number of aryl methyl sites for hydroxylation is 2. The molecule has 0 spiro atoms. The van der Waals surface area contributed by atoms with E-state index < -0.39 is 5.91 Å². The average molecular weight is 391 g/mol. The minimum atomic E-state index is -0.603. The highest BCUT2D eigenvalue weighted by molar-refractivity contribution is 6.00. The van der Waals surface area contributed by atoms with Crippen molar-refractivity contribution < 1.29 is 9.59 Å². The van der Waals surface area contributed by atoms with Crippen LogP contribution in [-0.2, 0) is 13.5 Å². The van der Waals surface area contributed by atoms with Gasteiger partial charge in [0.25, 0.3) is 5.91 Å². The van der Waals surface area contributed by atoms with Crippen LogP contribution in [0.2, 0.25) is 0 Å². The molecular formula is C20H21N7O2. The van der Waals surface area contributed by atoms with Gasteiger partial charge in [-0.2, -0.15) is 5.10 Å².